The van der Waals surface area contributed by atoms with Gasteiger partial charge in [0, 0.05) is 16.5 Å². The van der Waals surface area contributed by atoms with Crippen LogP contribution in [0.1, 0.15) is 29.0 Å². The molecule has 2 aromatic rings. The van der Waals surface area contributed by atoms with Crippen LogP contribution in [0.3, 0.4) is 0 Å². The number of methoxy groups -OCH3 is 1. The summed E-state index contributed by atoms with van der Waals surface area (Å²) < 4.78 is 5.35. The van der Waals surface area contributed by atoms with Gasteiger partial charge in [-0.1, -0.05) is 23.8 Å². The lowest BCUT2D eigenvalue weighted by Crippen LogP contribution is -2.25. The van der Waals surface area contributed by atoms with Crippen LogP contribution >= 0.6 is 11.3 Å². The minimum Gasteiger partial charge on any atom is -0.496 e. The van der Waals surface area contributed by atoms with E-state index in [2.05, 4.69) is 5.32 Å². The van der Waals surface area contributed by atoms with E-state index in [4.69, 9.17) is 4.74 Å². The third-order valence-electron chi connectivity index (χ3n) is 3.15. The fourth-order valence-electron chi connectivity index (χ4n) is 2.08. The molecule has 3 nitrogen and oxygen atoms in total. The second-order valence-electron chi connectivity index (χ2n) is 4.82. The molecule has 1 amide bonds. The molecule has 1 heterocycles. The highest BCUT2D eigenvalue weighted by molar-refractivity contribution is 7.10. The second-order valence-corrected chi connectivity index (χ2v) is 5.80. The molecule has 0 aliphatic heterocycles. The number of carbonyl (C=O) groups excluding carboxylic acids is 1. The van der Waals surface area contributed by atoms with Crippen molar-refractivity contribution in [2.24, 2.45) is 0 Å². The van der Waals surface area contributed by atoms with Gasteiger partial charge in [-0.2, -0.15) is 0 Å². The molecule has 0 unspecified atom stereocenters. The normalized spacial score (nSPS) is 12.3. The van der Waals surface area contributed by atoms with Crippen LogP contribution in [-0.2, 0) is 4.79 Å². The Morgan fingerprint density at radius 1 is 1.38 bits per heavy atom. The Hall–Kier alpha value is -2.07. The first kappa shape index (κ1) is 15.3. The summed E-state index contributed by atoms with van der Waals surface area (Å²) in [6.07, 6.45) is 3.38. The number of rotatable bonds is 5. The summed E-state index contributed by atoms with van der Waals surface area (Å²) in [7, 11) is 1.64. The molecule has 1 atom stereocenters. The van der Waals surface area contributed by atoms with Crippen molar-refractivity contribution in [2.45, 2.75) is 19.9 Å². The molecule has 0 bridgehead atoms. The van der Waals surface area contributed by atoms with E-state index in [1.807, 2.05) is 55.6 Å². The lowest BCUT2D eigenvalue weighted by molar-refractivity contribution is -0.117. The molecule has 0 spiro atoms. The van der Waals surface area contributed by atoms with E-state index >= 15 is 0 Å². The molecular weight excluding hydrogens is 282 g/mol. The number of amides is 1. The molecule has 2 rings (SSSR count). The van der Waals surface area contributed by atoms with E-state index in [0.717, 1.165) is 21.8 Å². The van der Waals surface area contributed by atoms with Gasteiger partial charge in [0.05, 0.1) is 13.2 Å². The summed E-state index contributed by atoms with van der Waals surface area (Å²) >= 11 is 1.60. The predicted molar refractivity (Wildman–Crippen MR) is 87.6 cm³/mol. The highest BCUT2D eigenvalue weighted by atomic mass is 32.1. The van der Waals surface area contributed by atoms with E-state index in [0.29, 0.717) is 0 Å². The van der Waals surface area contributed by atoms with Crippen molar-refractivity contribution in [1.82, 2.24) is 5.32 Å². The monoisotopic (exact) mass is 301 g/mol. The zero-order valence-electron chi connectivity index (χ0n) is 12.4. The molecule has 1 N–H and O–H groups in total. The standard InChI is InChI=1S/C17H19NO2S/c1-12-6-8-16(20-3)15(11-12)13(2)18-17(19)9-7-14-5-4-10-21-14/h4-11,13H,1-3H3,(H,18,19)/b9-7+/t13-/m0/s1. The largest absolute Gasteiger partial charge is 0.496 e. The molecule has 0 fully saturated rings. The van der Waals surface area contributed by atoms with Gasteiger partial charge >= 0.3 is 0 Å². The van der Waals surface area contributed by atoms with Crippen LogP contribution in [0.15, 0.2) is 41.8 Å². The third-order valence-corrected chi connectivity index (χ3v) is 3.99. The number of ether oxygens (including phenoxy) is 1. The van der Waals surface area contributed by atoms with Crippen LogP contribution in [0.2, 0.25) is 0 Å². The van der Waals surface area contributed by atoms with E-state index < -0.39 is 0 Å². The minimum absolute atomic E-state index is 0.111. The number of carbonyl (C=O) groups is 1. The van der Waals surface area contributed by atoms with Gasteiger partial charge in [-0.3, -0.25) is 4.79 Å². The van der Waals surface area contributed by atoms with Gasteiger partial charge in [0.1, 0.15) is 5.75 Å². The first-order valence-corrected chi connectivity index (χ1v) is 7.64. The van der Waals surface area contributed by atoms with Crippen LogP contribution in [0, 0.1) is 6.92 Å². The van der Waals surface area contributed by atoms with Crippen LogP contribution in [-0.4, -0.2) is 13.0 Å². The Labute approximate surface area is 129 Å². The smallest absolute Gasteiger partial charge is 0.244 e. The molecule has 1 aromatic heterocycles. The van der Waals surface area contributed by atoms with E-state index in [9.17, 15) is 4.79 Å². The Morgan fingerprint density at radius 2 is 2.19 bits per heavy atom. The van der Waals surface area contributed by atoms with Crippen molar-refractivity contribution in [3.05, 3.63) is 57.8 Å². The molecule has 0 saturated carbocycles. The summed E-state index contributed by atoms with van der Waals surface area (Å²) in [6.45, 7) is 3.97. The van der Waals surface area contributed by atoms with E-state index in [-0.39, 0.29) is 11.9 Å². The lowest BCUT2D eigenvalue weighted by atomic mass is 10.0. The second kappa shape index (κ2) is 7.09. The highest BCUT2D eigenvalue weighted by Crippen LogP contribution is 2.26. The molecule has 110 valence electrons. The van der Waals surface area contributed by atoms with Crippen molar-refractivity contribution < 1.29 is 9.53 Å². The van der Waals surface area contributed by atoms with Gasteiger partial charge in [-0.05, 0) is 37.4 Å². The van der Waals surface area contributed by atoms with Crippen LogP contribution in [0.5, 0.6) is 5.75 Å². The molecule has 4 heteroatoms. The average molecular weight is 301 g/mol. The first-order valence-electron chi connectivity index (χ1n) is 6.77. The maximum absolute atomic E-state index is 12.0. The van der Waals surface area contributed by atoms with Crippen molar-refractivity contribution in [3.8, 4) is 5.75 Å². The van der Waals surface area contributed by atoms with E-state index in [1.54, 1.807) is 24.5 Å². The van der Waals surface area contributed by atoms with Crippen LogP contribution in [0.25, 0.3) is 6.08 Å². The quantitative estimate of drug-likeness (QED) is 0.849. The maximum atomic E-state index is 12.0. The van der Waals surface area contributed by atoms with Gasteiger partial charge in [-0.15, -0.1) is 11.3 Å². The van der Waals surface area contributed by atoms with Crippen molar-refractivity contribution >= 4 is 23.3 Å². The minimum atomic E-state index is -0.112. The molecule has 21 heavy (non-hydrogen) atoms. The topological polar surface area (TPSA) is 38.3 Å². The van der Waals surface area contributed by atoms with Gasteiger partial charge in [0.15, 0.2) is 0 Å². The Bertz CT molecular complexity index is 632. The SMILES string of the molecule is COc1ccc(C)cc1[C@H](C)NC(=O)/C=C/c1cccs1. The van der Waals surface area contributed by atoms with Crippen LogP contribution in [0.4, 0.5) is 0 Å². The van der Waals surface area contributed by atoms with Gasteiger partial charge in [-0.25, -0.2) is 0 Å². The number of thiophene rings is 1. The highest BCUT2D eigenvalue weighted by Gasteiger charge is 2.13. The zero-order valence-corrected chi connectivity index (χ0v) is 13.2. The number of benzene rings is 1. The summed E-state index contributed by atoms with van der Waals surface area (Å²) in [5.74, 6) is 0.676. The zero-order chi connectivity index (χ0) is 15.2. The van der Waals surface area contributed by atoms with Gasteiger partial charge in [0.2, 0.25) is 5.91 Å². The predicted octanol–water partition coefficient (Wildman–Crippen LogP) is 3.96. The number of nitrogens with one attached hydrogen (secondary N) is 1. The summed E-state index contributed by atoms with van der Waals surface area (Å²) in [5.41, 5.74) is 2.12. The molecule has 0 aliphatic rings. The van der Waals surface area contributed by atoms with Gasteiger partial charge < -0.3 is 10.1 Å². The molecule has 0 radical (unpaired) electrons. The number of aryl methyl sites for hydroxylation is 1. The summed E-state index contributed by atoms with van der Waals surface area (Å²) in [4.78, 5) is 13.0. The molecule has 0 aliphatic carbocycles. The molecular formula is C17H19NO2S. The Morgan fingerprint density at radius 3 is 2.86 bits per heavy atom. The fraction of sp³-hybridized carbons (Fsp3) is 0.235. The maximum Gasteiger partial charge on any atom is 0.244 e. The van der Waals surface area contributed by atoms with Crippen molar-refractivity contribution in [1.29, 1.82) is 0 Å². The number of hydrogen-bond donors (Lipinski definition) is 1. The van der Waals surface area contributed by atoms with Gasteiger partial charge in [0.25, 0.3) is 0 Å². The fourth-order valence-corrected chi connectivity index (χ4v) is 2.69. The molecule has 1 aromatic carbocycles. The van der Waals surface area contributed by atoms with Crippen molar-refractivity contribution in [3.63, 3.8) is 0 Å². The summed E-state index contributed by atoms with van der Waals surface area (Å²) in [6, 6.07) is 9.78. The van der Waals surface area contributed by atoms with E-state index in [1.165, 1.54) is 0 Å². The first-order chi connectivity index (χ1) is 10.1. The molecule has 0 saturated heterocycles. The third kappa shape index (κ3) is 4.20. The Balaban J connectivity index is 2.05. The van der Waals surface area contributed by atoms with Crippen molar-refractivity contribution in [2.75, 3.05) is 7.11 Å². The number of hydrogen-bond acceptors (Lipinski definition) is 3. The lowest BCUT2D eigenvalue weighted by Gasteiger charge is -2.17. The summed E-state index contributed by atoms with van der Waals surface area (Å²) in [5, 5.41) is 4.94. The average Bonchev–Trinajstić information content (AvgIpc) is 2.98. The Kier molecular flexibility index (Phi) is 5.17. The van der Waals surface area contributed by atoms with Crippen LogP contribution < -0.4 is 10.1 Å².